The second-order valence-electron chi connectivity index (χ2n) is 5.63. The largest absolute Gasteiger partial charge is 0.497 e. The summed E-state index contributed by atoms with van der Waals surface area (Å²) < 4.78 is 8.55. The van der Waals surface area contributed by atoms with Crippen LogP contribution in [0.25, 0.3) is 10.9 Å². The highest BCUT2D eigenvalue weighted by Crippen LogP contribution is 2.18. The van der Waals surface area contributed by atoms with Gasteiger partial charge in [-0.15, -0.1) is 0 Å². The summed E-state index contributed by atoms with van der Waals surface area (Å²) in [5, 5.41) is 14.3. The Labute approximate surface area is 139 Å². The summed E-state index contributed by atoms with van der Waals surface area (Å²) in [6.45, 7) is 3.15. The van der Waals surface area contributed by atoms with Crippen molar-refractivity contribution < 1.29 is 9.84 Å². The Morgan fingerprint density at radius 3 is 2.62 bits per heavy atom. The van der Waals surface area contributed by atoms with Crippen molar-refractivity contribution in [3.05, 3.63) is 58.1 Å². The van der Waals surface area contributed by atoms with Crippen molar-refractivity contribution in [3.8, 4) is 5.75 Å². The Balaban J connectivity index is 2.02. The van der Waals surface area contributed by atoms with Crippen LogP contribution in [0.4, 0.5) is 0 Å². The number of hydrogen-bond acceptors (Lipinski definition) is 4. The zero-order valence-electron chi connectivity index (χ0n) is 13.9. The third-order valence-corrected chi connectivity index (χ3v) is 4.18. The lowest BCUT2D eigenvalue weighted by atomic mass is 10.2. The number of aryl methyl sites for hydroxylation is 1. The SMILES string of the molecule is CCn1cc(CCO)c2cnn(Cc3ccc(OC)cc3)c(=O)c21. The number of benzene rings is 1. The van der Waals surface area contributed by atoms with Crippen molar-refractivity contribution in [3.63, 3.8) is 0 Å². The van der Waals surface area contributed by atoms with E-state index in [1.54, 1.807) is 13.3 Å². The molecule has 6 nitrogen and oxygen atoms in total. The molecule has 1 aromatic carbocycles. The van der Waals surface area contributed by atoms with Gasteiger partial charge in [-0.3, -0.25) is 4.79 Å². The van der Waals surface area contributed by atoms with Gasteiger partial charge in [-0.2, -0.15) is 5.10 Å². The van der Waals surface area contributed by atoms with Crippen LogP contribution in [0.2, 0.25) is 0 Å². The molecule has 0 amide bonds. The van der Waals surface area contributed by atoms with Gasteiger partial charge in [0.2, 0.25) is 0 Å². The lowest BCUT2D eigenvalue weighted by molar-refractivity contribution is 0.300. The van der Waals surface area contributed by atoms with Gasteiger partial charge in [-0.25, -0.2) is 4.68 Å². The van der Waals surface area contributed by atoms with Crippen LogP contribution in [-0.4, -0.2) is 33.2 Å². The van der Waals surface area contributed by atoms with Crippen LogP contribution in [0.3, 0.4) is 0 Å². The summed E-state index contributed by atoms with van der Waals surface area (Å²) in [5.74, 6) is 0.781. The van der Waals surface area contributed by atoms with E-state index in [0.29, 0.717) is 25.0 Å². The maximum Gasteiger partial charge on any atom is 0.291 e. The molecule has 0 radical (unpaired) electrons. The second-order valence-corrected chi connectivity index (χ2v) is 5.63. The van der Waals surface area contributed by atoms with Crippen LogP contribution < -0.4 is 10.3 Å². The molecule has 0 saturated heterocycles. The molecule has 1 N–H and O–H groups in total. The molecule has 0 aliphatic carbocycles. The molecule has 0 spiro atoms. The molecule has 0 aliphatic rings. The number of aliphatic hydroxyl groups excluding tert-OH is 1. The standard InChI is InChI=1S/C18H21N3O3/c1-3-20-12-14(8-9-22)16-10-19-21(18(23)17(16)20)11-13-4-6-15(24-2)7-5-13/h4-7,10,12,22H,3,8-9,11H2,1-2H3. The van der Waals surface area contributed by atoms with E-state index >= 15 is 0 Å². The maximum atomic E-state index is 12.8. The Bertz CT molecular complexity index is 894. The minimum absolute atomic E-state index is 0.0533. The predicted molar refractivity (Wildman–Crippen MR) is 92.6 cm³/mol. The van der Waals surface area contributed by atoms with Gasteiger partial charge in [-0.05, 0) is 36.6 Å². The molecule has 0 bridgehead atoms. The molecule has 3 rings (SSSR count). The smallest absolute Gasteiger partial charge is 0.291 e. The normalized spacial score (nSPS) is 11.1. The molecule has 24 heavy (non-hydrogen) atoms. The first-order chi connectivity index (χ1) is 11.7. The Morgan fingerprint density at radius 2 is 2.00 bits per heavy atom. The van der Waals surface area contributed by atoms with Crippen molar-refractivity contribution in [2.24, 2.45) is 0 Å². The Kier molecular flexibility index (Phi) is 4.66. The summed E-state index contributed by atoms with van der Waals surface area (Å²) in [5.41, 5.74) is 2.46. The van der Waals surface area contributed by atoms with E-state index in [2.05, 4.69) is 5.10 Å². The number of ether oxygens (including phenoxy) is 1. The fourth-order valence-electron chi connectivity index (χ4n) is 2.90. The third-order valence-electron chi connectivity index (χ3n) is 4.18. The number of nitrogens with zero attached hydrogens (tertiary/aromatic N) is 3. The van der Waals surface area contributed by atoms with Gasteiger partial charge < -0.3 is 14.4 Å². The van der Waals surface area contributed by atoms with Crippen LogP contribution in [0, 0.1) is 0 Å². The molecule has 0 saturated carbocycles. The minimum atomic E-state index is -0.116. The number of methoxy groups -OCH3 is 1. The maximum absolute atomic E-state index is 12.8. The van der Waals surface area contributed by atoms with Gasteiger partial charge in [-0.1, -0.05) is 12.1 Å². The molecular formula is C18H21N3O3. The molecule has 0 atom stereocenters. The van der Waals surface area contributed by atoms with E-state index in [-0.39, 0.29) is 12.2 Å². The van der Waals surface area contributed by atoms with Gasteiger partial charge in [0.15, 0.2) is 0 Å². The first-order valence-corrected chi connectivity index (χ1v) is 7.99. The molecule has 0 fully saturated rings. The lowest BCUT2D eigenvalue weighted by Crippen LogP contribution is -2.24. The predicted octanol–water partition coefficient (Wildman–Crippen LogP) is 1.81. The number of rotatable bonds is 6. The second kappa shape index (κ2) is 6.88. The Hall–Kier alpha value is -2.60. The van der Waals surface area contributed by atoms with E-state index in [4.69, 9.17) is 4.74 Å². The molecular weight excluding hydrogens is 306 g/mol. The van der Waals surface area contributed by atoms with Crippen LogP contribution >= 0.6 is 0 Å². The average molecular weight is 327 g/mol. The van der Waals surface area contributed by atoms with Crippen LogP contribution in [0.1, 0.15) is 18.1 Å². The number of aliphatic hydroxyl groups is 1. The number of aromatic nitrogens is 3. The molecule has 0 unspecified atom stereocenters. The highest BCUT2D eigenvalue weighted by Gasteiger charge is 2.13. The summed E-state index contributed by atoms with van der Waals surface area (Å²) in [7, 11) is 1.62. The fraction of sp³-hybridized carbons (Fsp3) is 0.333. The molecule has 126 valence electrons. The molecule has 2 heterocycles. The summed E-state index contributed by atoms with van der Waals surface area (Å²) >= 11 is 0. The van der Waals surface area contributed by atoms with Gasteiger partial charge in [0.25, 0.3) is 5.56 Å². The van der Waals surface area contributed by atoms with Crippen LogP contribution in [0.15, 0.2) is 41.5 Å². The third kappa shape index (κ3) is 2.92. The lowest BCUT2D eigenvalue weighted by Gasteiger charge is -2.07. The minimum Gasteiger partial charge on any atom is -0.497 e. The molecule has 6 heteroatoms. The van der Waals surface area contributed by atoms with E-state index < -0.39 is 0 Å². The van der Waals surface area contributed by atoms with Crippen molar-refractivity contribution in [2.75, 3.05) is 13.7 Å². The number of fused-ring (bicyclic) bond motifs is 1. The van der Waals surface area contributed by atoms with Gasteiger partial charge >= 0.3 is 0 Å². The van der Waals surface area contributed by atoms with E-state index in [9.17, 15) is 9.90 Å². The van der Waals surface area contributed by atoms with E-state index in [1.807, 2.05) is 42.0 Å². The van der Waals surface area contributed by atoms with Crippen LogP contribution in [-0.2, 0) is 19.5 Å². The number of hydrogen-bond donors (Lipinski definition) is 1. The van der Waals surface area contributed by atoms with E-state index in [1.165, 1.54) is 4.68 Å². The van der Waals surface area contributed by atoms with Crippen molar-refractivity contribution >= 4 is 10.9 Å². The van der Waals surface area contributed by atoms with Gasteiger partial charge in [0.1, 0.15) is 11.3 Å². The molecule has 3 aromatic rings. The summed E-state index contributed by atoms with van der Waals surface area (Å²) in [4.78, 5) is 12.8. The summed E-state index contributed by atoms with van der Waals surface area (Å²) in [6.07, 6.45) is 4.17. The van der Waals surface area contributed by atoms with Crippen molar-refractivity contribution in [2.45, 2.75) is 26.4 Å². The zero-order valence-corrected chi connectivity index (χ0v) is 13.9. The topological polar surface area (TPSA) is 69.3 Å². The van der Waals surface area contributed by atoms with Crippen molar-refractivity contribution in [1.82, 2.24) is 14.3 Å². The Morgan fingerprint density at radius 1 is 1.25 bits per heavy atom. The molecule has 0 aliphatic heterocycles. The first-order valence-electron chi connectivity index (χ1n) is 7.99. The highest BCUT2D eigenvalue weighted by atomic mass is 16.5. The van der Waals surface area contributed by atoms with E-state index in [0.717, 1.165) is 22.3 Å². The van der Waals surface area contributed by atoms with Gasteiger partial charge in [0, 0.05) is 24.7 Å². The average Bonchev–Trinajstić information content (AvgIpc) is 2.97. The first kappa shape index (κ1) is 16.3. The molecule has 2 aromatic heterocycles. The quantitative estimate of drug-likeness (QED) is 0.750. The van der Waals surface area contributed by atoms with Crippen molar-refractivity contribution in [1.29, 1.82) is 0 Å². The van der Waals surface area contributed by atoms with Crippen LogP contribution in [0.5, 0.6) is 5.75 Å². The monoisotopic (exact) mass is 327 g/mol. The zero-order chi connectivity index (χ0) is 17.1. The highest BCUT2D eigenvalue weighted by molar-refractivity contribution is 5.82. The fourth-order valence-corrected chi connectivity index (χ4v) is 2.90. The van der Waals surface area contributed by atoms with Gasteiger partial charge in [0.05, 0.1) is 19.9 Å². The summed E-state index contributed by atoms with van der Waals surface area (Å²) in [6, 6.07) is 7.58.